The third-order valence-corrected chi connectivity index (χ3v) is 17.4. The quantitative estimate of drug-likeness (QED) is 0.112. The molecular weight excluding hydrogens is 1180 g/mol. The maximum atomic E-state index is 15.2. The van der Waals surface area contributed by atoms with Gasteiger partial charge in [-0.1, -0.05) is 61.5 Å². The fourth-order valence-electron chi connectivity index (χ4n) is 12.1. The van der Waals surface area contributed by atoms with Crippen molar-refractivity contribution in [3.05, 3.63) is 44.6 Å². The number of fused-ring (bicyclic) bond motifs is 4. The molecule has 1 aromatic carbocycles. The van der Waals surface area contributed by atoms with Gasteiger partial charge in [-0.15, -0.1) is 0 Å². The maximum Gasteiger partial charge on any atom is 0.329 e. The standard InChI is InChI=1S/C62H84N12O17/c1-26(2)42-59(85)73-21-17-18-36(73)57(83)69(13)24-38(76)71(15)49(29(7)8)62(88)90-33(12)45(56(82)65-42)68-54(80)40-41(63)50(78)31(10)52-47(40)64-46-35(20-19-30(9)51(46)91-52)53(79)67-44-32(11)89-61(87)48(28(5)6)72(16)39(77)25-70(14)58(84)37-22-34(75)23-74(37)60(86)43(27(3)4)66-55(44)81/h19-20,26-29,32-33,36-37,42-45,48-49H,17-18,21-25,63H2,1-16H3,(H,65,82)(H,66,81)(H,67,79)(H,68,80)/t32-,33-,36+,37-,42+,43+,44-,45-,48-,49+/m0/s1. The first-order valence-electron chi connectivity index (χ1n) is 30.4. The van der Waals surface area contributed by atoms with Gasteiger partial charge in [0.05, 0.1) is 36.4 Å². The zero-order chi connectivity index (χ0) is 67.8. The number of nitrogens with zero attached hydrogens (tertiary/aromatic N) is 7. The number of likely N-dealkylation sites (N-methyl/N-ethyl adjacent to an activating group) is 4. The summed E-state index contributed by atoms with van der Waals surface area (Å²) in [5.41, 5.74) is 3.33. The molecule has 4 fully saturated rings. The molecule has 29 heteroatoms. The van der Waals surface area contributed by atoms with Crippen LogP contribution in [0.4, 0.5) is 5.69 Å². The summed E-state index contributed by atoms with van der Waals surface area (Å²) < 4.78 is 18.2. The highest BCUT2D eigenvalue weighted by molar-refractivity contribution is 6.11. The number of nitrogens with one attached hydrogen (secondary N) is 4. The molecule has 0 bridgehead atoms. The number of cyclic esters (lactones) is 2. The van der Waals surface area contributed by atoms with E-state index >= 15 is 9.59 Å². The second-order valence-electron chi connectivity index (χ2n) is 25.6. The van der Waals surface area contributed by atoms with Crippen molar-refractivity contribution in [1.82, 2.24) is 55.7 Å². The fourth-order valence-corrected chi connectivity index (χ4v) is 12.1. The third kappa shape index (κ3) is 14.0. The monoisotopic (exact) mass is 1270 g/mol. The van der Waals surface area contributed by atoms with Gasteiger partial charge in [0.15, 0.2) is 17.1 Å². The number of nitrogen functional groups attached to an aromatic ring is 1. The Balaban J connectivity index is 1.32. The summed E-state index contributed by atoms with van der Waals surface area (Å²) in [5, 5.41) is 10.5. The number of benzene rings is 2. The van der Waals surface area contributed by atoms with Gasteiger partial charge in [-0.25, -0.2) is 14.6 Å². The molecule has 4 saturated heterocycles. The van der Waals surface area contributed by atoms with Crippen molar-refractivity contribution >= 4 is 93.6 Å². The van der Waals surface area contributed by atoms with Crippen LogP contribution in [0.15, 0.2) is 21.3 Å². The molecule has 10 atom stereocenters. The van der Waals surface area contributed by atoms with E-state index < -0.39 is 203 Å². The molecule has 0 unspecified atom stereocenters. The molecule has 91 heavy (non-hydrogen) atoms. The zero-order valence-corrected chi connectivity index (χ0v) is 54.3. The van der Waals surface area contributed by atoms with Crippen LogP contribution in [-0.4, -0.2) is 226 Å². The highest BCUT2D eigenvalue weighted by atomic mass is 16.6. The average Bonchev–Trinajstić information content (AvgIpc) is 1.35. The molecule has 7 rings (SSSR count). The normalized spacial score (nSPS) is 26.1. The van der Waals surface area contributed by atoms with Gasteiger partial charge < -0.3 is 70.3 Å². The Morgan fingerprint density at radius 1 is 0.626 bits per heavy atom. The second-order valence-corrected chi connectivity index (χ2v) is 25.6. The summed E-state index contributed by atoms with van der Waals surface area (Å²) in [7, 11) is 5.41. The number of ketones is 1. The molecule has 0 saturated carbocycles. The van der Waals surface area contributed by atoms with Crippen molar-refractivity contribution in [3.63, 3.8) is 0 Å². The minimum Gasteiger partial charge on any atom is -0.458 e. The number of nitrogens with two attached hydrogens (primary N) is 1. The highest BCUT2D eigenvalue weighted by Gasteiger charge is 2.48. The van der Waals surface area contributed by atoms with E-state index in [-0.39, 0.29) is 47.4 Å². The molecule has 6 aliphatic rings. The number of amides is 10. The van der Waals surface area contributed by atoms with Crippen LogP contribution in [0.3, 0.4) is 0 Å². The summed E-state index contributed by atoms with van der Waals surface area (Å²) in [6.07, 6.45) is -2.85. The lowest BCUT2D eigenvalue weighted by molar-refractivity contribution is -0.163. The summed E-state index contributed by atoms with van der Waals surface area (Å²) in [5.74, 6) is -13.8. The molecule has 0 spiro atoms. The molecule has 29 nitrogen and oxygen atoms in total. The predicted molar refractivity (Wildman–Crippen MR) is 326 cm³/mol. The first-order chi connectivity index (χ1) is 42.5. The van der Waals surface area contributed by atoms with Gasteiger partial charge in [0, 0.05) is 46.7 Å². The maximum absolute atomic E-state index is 15.2. The lowest BCUT2D eigenvalue weighted by Gasteiger charge is -2.36. The van der Waals surface area contributed by atoms with Crippen LogP contribution < -0.4 is 32.4 Å². The van der Waals surface area contributed by atoms with E-state index in [4.69, 9.17) is 24.6 Å². The van der Waals surface area contributed by atoms with Gasteiger partial charge >= 0.3 is 11.9 Å². The van der Waals surface area contributed by atoms with E-state index in [2.05, 4.69) is 21.3 Å². The van der Waals surface area contributed by atoms with Crippen LogP contribution in [0.5, 0.6) is 0 Å². The number of carbonyl (C=O) groups is 13. The average molecular weight is 1270 g/mol. The van der Waals surface area contributed by atoms with Crippen molar-refractivity contribution in [2.24, 2.45) is 23.7 Å². The Bertz CT molecular complexity index is 3510. The van der Waals surface area contributed by atoms with Gasteiger partial charge in [0.1, 0.15) is 71.8 Å². The van der Waals surface area contributed by atoms with Crippen LogP contribution in [0, 0.1) is 37.5 Å². The fraction of sp³-hybridized carbons (Fsp3) is 0.597. The van der Waals surface area contributed by atoms with E-state index in [1.807, 2.05) is 0 Å². The van der Waals surface area contributed by atoms with Crippen LogP contribution in [0.1, 0.15) is 120 Å². The molecular formula is C62H84N12O17. The number of carbonyl (C=O) groups excluding carboxylic acids is 13. The zero-order valence-electron chi connectivity index (χ0n) is 54.3. The second kappa shape index (κ2) is 27.6. The van der Waals surface area contributed by atoms with E-state index in [1.54, 1.807) is 62.3 Å². The Hall–Kier alpha value is -9.05. The largest absolute Gasteiger partial charge is 0.458 e. The molecule has 494 valence electrons. The number of aryl methyl sites for hydroxylation is 1. The van der Waals surface area contributed by atoms with Crippen molar-refractivity contribution < 1.29 is 76.2 Å². The summed E-state index contributed by atoms with van der Waals surface area (Å²) in [6.45, 7) is 17.2. The molecule has 10 amide bonds. The SMILES string of the molecule is Cc1c2oc3c(C)ccc(C(=O)N[C@@H]4C(=O)N[C@H](C(C)C)C(=O)N5CC(=O)C[C@H]5C(=O)N(C)CC(=O)N(C)[C@@H](C(C)C)C(=O)O[C@H]4C)c3nc-2c(C(=O)N[C@@H]2C(=O)N[C@H](C(C)C)C(=O)N3CCC[C@@H]3C(=O)N(C)CC(=O)N(C)[C@H](C(C)C)C(=O)O[C@H]2C)c(N)c1=O. The molecule has 6 N–H and O–H groups in total. The summed E-state index contributed by atoms with van der Waals surface area (Å²) >= 11 is 0. The summed E-state index contributed by atoms with van der Waals surface area (Å²) in [4.78, 5) is 212. The molecule has 1 aliphatic carbocycles. The Morgan fingerprint density at radius 2 is 1.10 bits per heavy atom. The van der Waals surface area contributed by atoms with E-state index in [0.29, 0.717) is 12.0 Å². The Morgan fingerprint density at radius 3 is 1.58 bits per heavy atom. The number of hydrogen-bond donors (Lipinski definition) is 5. The van der Waals surface area contributed by atoms with Crippen molar-refractivity contribution in [2.45, 2.75) is 163 Å². The van der Waals surface area contributed by atoms with E-state index in [0.717, 1.165) is 19.6 Å². The lowest BCUT2D eigenvalue weighted by Crippen LogP contribution is -2.61. The number of rotatable bonds is 8. The number of hydrogen-bond acceptors (Lipinski definition) is 19. The van der Waals surface area contributed by atoms with Gasteiger partial charge in [-0.05, 0) is 75.8 Å². The smallest absolute Gasteiger partial charge is 0.329 e. The number of anilines is 1. The summed E-state index contributed by atoms with van der Waals surface area (Å²) in [6, 6.07) is -8.67. The van der Waals surface area contributed by atoms with Crippen LogP contribution in [-0.2, 0) is 62.2 Å². The lowest BCUT2D eigenvalue weighted by atomic mass is 9.98. The number of aromatic nitrogens is 1. The number of ether oxygens (including phenoxy) is 2. The molecule has 5 aliphatic heterocycles. The topological polar surface area (TPSA) is 377 Å². The van der Waals surface area contributed by atoms with Gasteiger partial charge in [-0.2, -0.15) is 0 Å². The number of esters is 2. The first kappa shape index (κ1) is 69.4. The highest BCUT2D eigenvalue weighted by Crippen LogP contribution is 2.35. The van der Waals surface area contributed by atoms with Crippen LogP contribution in [0.25, 0.3) is 22.6 Å². The van der Waals surface area contributed by atoms with Gasteiger partial charge in [-0.3, -0.25) is 57.5 Å². The molecule has 0 aromatic heterocycles. The van der Waals surface area contributed by atoms with Crippen LogP contribution >= 0.6 is 0 Å². The van der Waals surface area contributed by atoms with Gasteiger partial charge in [0.25, 0.3) is 11.8 Å². The first-order valence-corrected chi connectivity index (χ1v) is 30.4. The van der Waals surface area contributed by atoms with E-state index in [9.17, 15) is 57.5 Å². The Labute approximate surface area is 526 Å². The van der Waals surface area contributed by atoms with Crippen molar-refractivity contribution in [1.29, 1.82) is 0 Å². The van der Waals surface area contributed by atoms with Gasteiger partial charge in [0.2, 0.25) is 52.7 Å². The molecule has 0 radical (unpaired) electrons. The van der Waals surface area contributed by atoms with Crippen molar-refractivity contribution in [3.8, 4) is 11.5 Å². The minimum atomic E-state index is -1.90. The Kier molecular flexibility index (Phi) is 21.0. The molecule has 1 aromatic rings. The number of Topliss-reactive ketones (excluding diaryl/α,β-unsaturated/α-hetero) is 1. The van der Waals surface area contributed by atoms with E-state index in [1.165, 1.54) is 70.9 Å². The predicted octanol–water partition coefficient (Wildman–Crippen LogP) is -0.0954. The third-order valence-electron chi connectivity index (χ3n) is 17.4. The minimum absolute atomic E-state index is 0.105. The van der Waals surface area contributed by atoms with Crippen molar-refractivity contribution in [2.75, 3.05) is 60.1 Å². The molecule has 5 heterocycles. The van der Waals surface area contributed by atoms with Crippen LogP contribution in [0.2, 0.25) is 0 Å².